The van der Waals surface area contributed by atoms with Crippen LogP contribution in [-0.2, 0) is 50.1 Å². The van der Waals surface area contributed by atoms with Crippen molar-refractivity contribution < 1.29 is 28.2 Å². The molecule has 43 heavy (non-hydrogen) atoms. The number of hydrogen-bond donors (Lipinski definition) is 0. The van der Waals surface area contributed by atoms with Gasteiger partial charge in [-0.05, 0) is 22.3 Å². The van der Waals surface area contributed by atoms with Crippen LogP contribution in [0.5, 0.6) is 0 Å². The van der Waals surface area contributed by atoms with Gasteiger partial charge in [-0.3, -0.25) is 0 Å². The van der Waals surface area contributed by atoms with Crippen molar-refractivity contribution in [2.24, 2.45) is 0 Å². The first-order valence-electron chi connectivity index (χ1n) is 15.0. The highest BCUT2D eigenvalue weighted by Crippen LogP contribution is 2.33. The van der Waals surface area contributed by atoms with E-state index in [1.165, 1.54) is 0 Å². The number of hydrogen-bond acceptors (Lipinski definition) is 5. The van der Waals surface area contributed by atoms with E-state index in [0.29, 0.717) is 37.5 Å². The molecular weight excluding hydrogens is 538 g/mol. The Hall–Kier alpha value is -3.36. The van der Waals surface area contributed by atoms with Gasteiger partial charge in [0.2, 0.25) is 6.29 Å². The predicted octanol–water partition coefficient (Wildman–Crippen LogP) is 6.39. The summed E-state index contributed by atoms with van der Waals surface area (Å²) in [6, 6.07) is 40.7. The SMILES string of the molecule is C[N+](C)(C)C1C(OCc2ccccc2)OC(COCc2ccccc2)C(OCc2ccccc2)C1OCc1ccccc1. The number of nitrogens with zero attached hydrogens (tertiary/aromatic N) is 1. The minimum atomic E-state index is -0.539. The molecule has 0 spiro atoms. The summed E-state index contributed by atoms with van der Waals surface area (Å²) in [6.45, 7) is 2.15. The zero-order chi connectivity index (χ0) is 29.9. The van der Waals surface area contributed by atoms with E-state index in [9.17, 15) is 0 Å². The molecule has 1 heterocycles. The molecule has 0 aromatic heterocycles. The summed E-state index contributed by atoms with van der Waals surface area (Å²) in [6.07, 6.45) is -1.66. The molecule has 1 fully saturated rings. The van der Waals surface area contributed by atoms with E-state index >= 15 is 0 Å². The molecule has 4 aromatic carbocycles. The molecule has 226 valence electrons. The summed E-state index contributed by atoms with van der Waals surface area (Å²) in [5, 5.41) is 0. The van der Waals surface area contributed by atoms with Gasteiger partial charge in [0.25, 0.3) is 0 Å². The molecule has 5 unspecified atom stereocenters. The molecule has 1 saturated heterocycles. The Morgan fingerprint density at radius 2 is 0.907 bits per heavy atom. The van der Waals surface area contributed by atoms with Gasteiger partial charge in [-0.15, -0.1) is 0 Å². The zero-order valence-corrected chi connectivity index (χ0v) is 25.5. The summed E-state index contributed by atoms with van der Waals surface area (Å²) in [5.41, 5.74) is 4.40. The molecule has 1 aliphatic rings. The summed E-state index contributed by atoms with van der Waals surface area (Å²) in [4.78, 5) is 0. The highest BCUT2D eigenvalue weighted by molar-refractivity contribution is 5.16. The van der Waals surface area contributed by atoms with Crippen molar-refractivity contribution in [3.63, 3.8) is 0 Å². The van der Waals surface area contributed by atoms with Crippen LogP contribution in [0.1, 0.15) is 22.3 Å². The van der Waals surface area contributed by atoms with Gasteiger partial charge in [-0.25, -0.2) is 0 Å². The fraction of sp³-hybridized carbons (Fsp3) is 0.351. The van der Waals surface area contributed by atoms with Crippen LogP contribution in [0, 0.1) is 0 Å². The standard InChI is InChI=1S/C37H44NO5/c1-38(2,3)34-36(41-26-31-20-12-6-13-21-31)35(40-25-30-18-10-5-11-19-30)33(28-39-24-29-16-8-4-9-17-29)43-37(34)42-27-32-22-14-7-15-23-32/h4-23,33-37H,24-28H2,1-3H3/q+1. The van der Waals surface area contributed by atoms with Crippen molar-refractivity contribution >= 4 is 0 Å². The number of benzene rings is 4. The van der Waals surface area contributed by atoms with Crippen molar-refractivity contribution in [1.29, 1.82) is 0 Å². The third-order valence-corrected chi connectivity index (χ3v) is 7.73. The lowest BCUT2D eigenvalue weighted by Gasteiger charge is -2.50. The number of likely N-dealkylation sites (N-methyl/N-ethyl adjacent to an activating group) is 1. The molecule has 1 aliphatic heterocycles. The van der Waals surface area contributed by atoms with Gasteiger partial charge in [0, 0.05) is 0 Å². The normalized spacial score (nSPS) is 22.3. The van der Waals surface area contributed by atoms with Crippen molar-refractivity contribution in [2.45, 2.75) is 57.1 Å². The highest BCUT2D eigenvalue weighted by Gasteiger charge is 2.54. The predicted molar refractivity (Wildman–Crippen MR) is 168 cm³/mol. The first-order valence-corrected chi connectivity index (χ1v) is 15.0. The molecule has 0 bridgehead atoms. The van der Waals surface area contributed by atoms with E-state index in [1.807, 2.05) is 72.8 Å². The first kappa shape index (κ1) is 31.1. The maximum atomic E-state index is 6.83. The van der Waals surface area contributed by atoms with Crippen molar-refractivity contribution in [2.75, 3.05) is 27.7 Å². The van der Waals surface area contributed by atoms with E-state index in [2.05, 4.69) is 69.7 Å². The molecule has 6 heteroatoms. The van der Waals surface area contributed by atoms with Crippen molar-refractivity contribution in [3.8, 4) is 0 Å². The second kappa shape index (κ2) is 15.4. The van der Waals surface area contributed by atoms with Crippen molar-refractivity contribution in [1.82, 2.24) is 0 Å². The van der Waals surface area contributed by atoms with Crippen LogP contribution >= 0.6 is 0 Å². The molecule has 0 radical (unpaired) electrons. The first-order chi connectivity index (χ1) is 21.0. The zero-order valence-electron chi connectivity index (χ0n) is 25.5. The van der Waals surface area contributed by atoms with Gasteiger partial charge >= 0.3 is 0 Å². The van der Waals surface area contributed by atoms with Gasteiger partial charge in [0.1, 0.15) is 18.3 Å². The molecule has 0 N–H and O–H groups in total. The molecular formula is C37H44NO5+. The number of rotatable bonds is 14. The third kappa shape index (κ3) is 9.07. The summed E-state index contributed by atoms with van der Waals surface area (Å²) < 4.78 is 33.8. The fourth-order valence-electron chi connectivity index (χ4n) is 5.52. The van der Waals surface area contributed by atoms with Crippen LogP contribution in [0.3, 0.4) is 0 Å². The number of quaternary nitrogens is 1. The maximum absolute atomic E-state index is 6.83. The van der Waals surface area contributed by atoms with E-state index in [1.54, 1.807) is 0 Å². The van der Waals surface area contributed by atoms with Gasteiger partial charge < -0.3 is 28.2 Å². The summed E-state index contributed by atoms with van der Waals surface area (Å²) in [7, 11) is 6.48. The topological polar surface area (TPSA) is 46.2 Å². The lowest BCUT2D eigenvalue weighted by atomic mass is 9.94. The monoisotopic (exact) mass is 582 g/mol. The Bertz CT molecular complexity index is 1330. The maximum Gasteiger partial charge on any atom is 0.214 e. The Morgan fingerprint density at radius 1 is 0.512 bits per heavy atom. The fourth-order valence-corrected chi connectivity index (χ4v) is 5.52. The molecule has 0 amide bonds. The van der Waals surface area contributed by atoms with Crippen LogP contribution in [-0.4, -0.2) is 62.9 Å². The molecule has 6 nitrogen and oxygen atoms in total. The molecule has 5 atom stereocenters. The second-order valence-corrected chi connectivity index (χ2v) is 12.0. The lowest BCUT2D eigenvalue weighted by Crippen LogP contribution is -2.69. The molecule has 0 aliphatic carbocycles. The summed E-state index contributed by atoms with van der Waals surface area (Å²) >= 11 is 0. The minimum absolute atomic E-state index is 0.168. The summed E-state index contributed by atoms with van der Waals surface area (Å²) in [5.74, 6) is 0. The van der Waals surface area contributed by atoms with Gasteiger partial charge in [0.15, 0.2) is 6.04 Å². The molecule has 4 aromatic rings. The van der Waals surface area contributed by atoms with E-state index in [-0.39, 0.29) is 12.1 Å². The van der Waals surface area contributed by atoms with E-state index < -0.39 is 18.5 Å². The smallest absolute Gasteiger partial charge is 0.214 e. The number of ether oxygens (including phenoxy) is 5. The van der Waals surface area contributed by atoms with Crippen LogP contribution in [0.15, 0.2) is 121 Å². The second-order valence-electron chi connectivity index (χ2n) is 12.0. The van der Waals surface area contributed by atoms with Crippen molar-refractivity contribution in [3.05, 3.63) is 144 Å². The molecule has 5 rings (SSSR count). The van der Waals surface area contributed by atoms with Gasteiger partial charge in [-0.1, -0.05) is 121 Å². The average molecular weight is 583 g/mol. The minimum Gasteiger partial charge on any atom is -0.374 e. The Morgan fingerprint density at radius 3 is 1.35 bits per heavy atom. The van der Waals surface area contributed by atoms with E-state index in [0.717, 1.165) is 22.3 Å². The third-order valence-electron chi connectivity index (χ3n) is 7.73. The van der Waals surface area contributed by atoms with E-state index in [4.69, 9.17) is 23.7 Å². The molecule has 0 saturated carbocycles. The largest absolute Gasteiger partial charge is 0.374 e. The van der Waals surface area contributed by atoms with Crippen LogP contribution in [0.4, 0.5) is 0 Å². The Labute approximate surface area is 256 Å². The van der Waals surface area contributed by atoms with Crippen LogP contribution in [0.25, 0.3) is 0 Å². The Balaban J connectivity index is 1.43. The Kier molecular flexibility index (Phi) is 11.1. The van der Waals surface area contributed by atoms with Crippen LogP contribution < -0.4 is 0 Å². The van der Waals surface area contributed by atoms with Gasteiger partial charge in [-0.2, -0.15) is 0 Å². The highest BCUT2D eigenvalue weighted by atomic mass is 16.7. The average Bonchev–Trinajstić information content (AvgIpc) is 3.03. The van der Waals surface area contributed by atoms with Gasteiger partial charge in [0.05, 0.1) is 54.2 Å². The lowest BCUT2D eigenvalue weighted by molar-refractivity contribution is -0.910. The quantitative estimate of drug-likeness (QED) is 0.161. The van der Waals surface area contributed by atoms with Crippen LogP contribution in [0.2, 0.25) is 0 Å².